The van der Waals surface area contributed by atoms with Gasteiger partial charge in [-0.25, -0.2) is 25.3 Å². The number of amidine groups is 1. The molecule has 0 amide bonds. The zero-order chi connectivity index (χ0) is 34.8. The van der Waals surface area contributed by atoms with Crippen LogP contribution in [0.2, 0.25) is 0 Å². The smallest absolute Gasteiger partial charge is 0.337 e. The van der Waals surface area contributed by atoms with Crippen LogP contribution in [-0.2, 0) is 28.9 Å². The van der Waals surface area contributed by atoms with E-state index in [4.69, 9.17) is 10.5 Å². The summed E-state index contributed by atoms with van der Waals surface area (Å²) in [7, 11) is -5.18. The normalized spacial score (nSPS) is 12.0. The Kier molecular flexibility index (Phi) is 12.2. The first-order valence-corrected chi connectivity index (χ1v) is 15.1. The number of carboxylic acid groups (broad SMARTS) is 1. The van der Waals surface area contributed by atoms with Crippen molar-refractivity contribution in [3.05, 3.63) is 83.8 Å². The van der Waals surface area contributed by atoms with Crippen molar-refractivity contribution in [3.8, 4) is 5.75 Å². The lowest BCUT2D eigenvalue weighted by atomic mass is 10.2. The van der Waals surface area contributed by atoms with Gasteiger partial charge in [0.1, 0.15) is 22.7 Å². The highest BCUT2D eigenvalue weighted by Gasteiger charge is 2.22. The number of rotatable bonds is 14. The van der Waals surface area contributed by atoms with Crippen LogP contribution in [0.15, 0.2) is 90.9 Å². The fourth-order valence-corrected chi connectivity index (χ4v) is 5.02. The summed E-state index contributed by atoms with van der Waals surface area (Å²) in [6.07, 6.45) is 0.671. The molecular weight excluding hydrogens is 712 g/mol. The van der Waals surface area contributed by atoms with E-state index in [2.05, 4.69) is 54.8 Å². The highest BCUT2D eigenvalue weighted by atomic mass is 32.2. The highest BCUT2D eigenvalue weighted by Crippen LogP contribution is 2.38. The van der Waals surface area contributed by atoms with Gasteiger partial charge in [0.05, 0.1) is 35.3 Å². The molecule has 0 aliphatic rings. The number of azo groups is 1. The number of phenolic OH excluding ortho intramolecular Hbond substituents is 1. The van der Waals surface area contributed by atoms with Crippen molar-refractivity contribution < 1.29 is 66.0 Å². The van der Waals surface area contributed by atoms with Crippen LogP contribution in [-0.4, -0.2) is 55.5 Å². The van der Waals surface area contributed by atoms with Gasteiger partial charge < -0.3 is 15.5 Å². The molecule has 0 fully saturated rings. The molecule has 0 aliphatic heterocycles. The van der Waals surface area contributed by atoms with Gasteiger partial charge in [-0.1, -0.05) is 22.2 Å². The summed E-state index contributed by atoms with van der Waals surface area (Å²) in [6.45, 7) is 0. The third kappa shape index (κ3) is 9.35. The Hall–Kier alpha value is -4.89. The van der Waals surface area contributed by atoms with Gasteiger partial charge in [0, 0.05) is 27.1 Å². The number of halogens is 2. The molecule has 252 valence electrons. The summed E-state index contributed by atoms with van der Waals surface area (Å²) >= 11 is 1.05. The van der Waals surface area contributed by atoms with E-state index in [-0.39, 0.29) is 27.4 Å². The number of carboxylic acids is 1. The fraction of sp³-hybridized carbons (Fsp3) is 0. The maximum absolute atomic E-state index is 14.1. The molecule has 0 saturated heterocycles. The number of aromatic nitrogens is 2. The molecule has 0 atom stereocenters. The first-order chi connectivity index (χ1) is 22.9. The number of anilines is 3. The minimum Gasteiger partial charge on any atom is -0.505 e. The van der Waals surface area contributed by atoms with E-state index in [9.17, 15) is 36.8 Å². The molecular formula is C24H17F2N7O12S3. The van der Waals surface area contributed by atoms with Crippen molar-refractivity contribution in [2.24, 2.45) is 15.3 Å². The van der Waals surface area contributed by atoms with E-state index in [0.717, 1.165) is 6.07 Å². The van der Waals surface area contributed by atoms with Crippen LogP contribution in [0, 0.1) is 11.8 Å². The number of hydrogen-bond acceptors (Lipinski definition) is 18. The molecule has 0 saturated carbocycles. The summed E-state index contributed by atoms with van der Waals surface area (Å²) in [5, 5.41) is 58.3. The third-order valence-electron chi connectivity index (χ3n) is 5.50. The minimum absolute atomic E-state index is 0.102. The molecule has 3 aromatic carbocycles. The summed E-state index contributed by atoms with van der Waals surface area (Å²) in [5.74, 6) is -6.49. The van der Waals surface area contributed by atoms with Crippen LogP contribution < -0.4 is 10.7 Å². The van der Waals surface area contributed by atoms with Crippen LogP contribution in [0.25, 0.3) is 0 Å². The van der Waals surface area contributed by atoms with Crippen LogP contribution >= 0.6 is 24.1 Å². The van der Waals surface area contributed by atoms with Crippen molar-refractivity contribution >= 4 is 68.9 Å². The zero-order valence-electron chi connectivity index (χ0n) is 23.1. The summed E-state index contributed by atoms with van der Waals surface area (Å²) in [5.41, 5.74) is 0.925. The van der Waals surface area contributed by atoms with Crippen molar-refractivity contribution in [3.63, 3.8) is 0 Å². The van der Waals surface area contributed by atoms with Gasteiger partial charge >= 0.3 is 5.97 Å². The van der Waals surface area contributed by atoms with E-state index in [0.29, 0.717) is 41.4 Å². The Morgan fingerprint density at radius 2 is 1.67 bits per heavy atom. The van der Waals surface area contributed by atoms with Crippen LogP contribution in [0.1, 0.15) is 15.9 Å². The van der Waals surface area contributed by atoms with Crippen LogP contribution in [0.5, 0.6) is 5.75 Å². The van der Waals surface area contributed by atoms with Gasteiger partial charge in [-0.2, -0.15) is 22.3 Å². The fourth-order valence-electron chi connectivity index (χ4n) is 3.54. The highest BCUT2D eigenvalue weighted by molar-refractivity contribution is 7.94. The van der Waals surface area contributed by atoms with Gasteiger partial charge in [-0.3, -0.25) is 9.98 Å². The Balaban J connectivity index is 1.80. The Bertz CT molecular complexity index is 1990. The molecule has 19 nitrogen and oxygen atoms in total. The predicted octanol–water partition coefficient (Wildman–Crippen LogP) is 5.56. The Morgan fingerprint density at radius 1 is 0.958 bits per heavy atom. The van der Waals surface area contributed by atoms with Crippen LogP contribution in [0.4, 0.5) is 31.7 Å². The van der Waals surface area contributed by atoms with E-state index in [1.165, 1.54) is 42.5 Å². The first kappa shape index (κ1) is 36.0. The van der Waals surface area contributed by atoms with Gasteiger partial charge in [0.2, 0.25) is 11.7 Å². The summed E-state index contributed by atoms with van der Waals surface area (Å²) in [6, 6.07) is 11.0. The van der Waals surface area contributed by atoms with Crippen LogP contribution in [0.3, 0.4) is 0 Å². The quantitative estimate of drug-likeness (QED) is 0.0122. The molecule has 0 bridgehead atoms. The molecule has 24 heteroatoms. The van der Waals surface area contributed by atoms with Crippen molar-refractivity contribution in [2.75, 3.05) is 10.7 Å². The number of phenols is 1. The number of benzene rings is 3. The number of hydrazone groups is 1. The van der Waals surface area contributed by atoms with Gasteiger partial charge in [-0.05, 0) is 36.4 Å². The molecule has 0 spiro atoms. The maximum Gasteiger partial charge on any atom is 0.337 e. The second-order valence-corrected chi connectivity index (χ2v) is 11.4. The summed E-state index contributed by atoms with van der Waals surface area (Å²) < 4.78 is 70.8. The van der Waals surface area contributed by atoms with Gasteiger partial charge in [0.25, 0.3) is 16.1 Å². The molecule has 0 aliphatic carbocycles. The van der Waals surface area contributed by atoms with E-state index in [1.54, 1.807) is 0 Å². The number of hydrogen-bond donors (Lipinski definition) is 7. The predicted molar refractivity (Wildman–Crippen MR) is 159 cm³/mol. The van der Waals surface area contributed by atoms with Crippen molar-refractivity contribution in [1.29, 1.82) is 0 Å². The van der Waals surface area contributed by atoms with Gasteiger partial charge in [-0.15, -0.1) is 18.9 Å². The van der Waals surface area contributed by atoms with Gasteiger partial charge in [0.15, 0.2) is 5.82 Å². The number of nitrogens with one attached hydrogen (secondary N) is 2. The number of nitrogens with zero attached hydrogens (tertiary/aromatic N) is 5. The number of carbonyl (C=O) groups is 1. The number of aromatic hydroxyl groups is 1. The Labute approximate surface area is 274 Å². The lowest BCUT2D eigenvalue weighted by Gasteiger charge is -2.11. The molecule has 4 aromatic rings. The molecule has 1 heterocycles. The number of aromatic carboxylic acids is 1. The molecule has 1 aromatic heterocycles. The lowest BCUT2D eigenvalue weighted by Crippen LogP contribution is -2.06. The molecule has 4 rings (SSSR count). The average molecular weight is 730 g/mol. The minimum atomic E-state index is -5.18. The molecule has 7 N–H and O–H groups in total. The molecule has 48 heavy (non-hydrogen) atoms. The summed E-state index contributed by atoms with van der Waals surface area (Å²) in [4.78, 5) is 17.8. The van der Waals surface area contributed by atoms with E-state index in [1.807, 2.05) is 0 Å². The molecule has 0 radical (unpaired) electrons. The second-order valence-electron chi connectivity index (χ2n) is 8.51. The monoisotopic (exact) mass is 729 g/mol. The van der Waals surface area contributed by atoms with E-state index >= 15 is 0 Å². The maximum atomic E-state index is 14.1. The first-order valence-electron chi connectivity index (χ1n) is 12.2. The average Bonchev–Trinajstić information content (AvgIpc) is 3.05. The van der Waals surface area contributed by atoms with E-state index < -0.39 is 55.8 Å². The largest absolute Gasteiger partial charge is 0.505 e. The lowest BCUT2D eigenvalue weighted by molar-refractivity contribution is -0.432. The second kappa shape index (κ2) is 16.3. The third-order valence-corrected chi connectivity index (χ3v) is 7.52. The zero-order valence-corrected chi connectivity index (χ0v) is 25.5. The standard InChI is InChI=1S/C24H17F2N7O12S3/c25-19-21(26)27-10-28-23(19)29-12-7-17(34)20(18(8-12)48(39,40)41)31-33-22(11-2-1-3-13(6-11)46-44-42-37)32-30-16-9-14(47-45-43-38)4-5-15(16)24(35)36/h1-10,30,34,37-38H,(H,35,36)(H,27,28,29)(H,39,40,41). The topological polar surface area (TPSA) is 276 Å². The SMILES string of the molecule is O=C(O)c1ccc(SOOO)cc1NN=C(N=Nc1c(O)cc(Nc2ncnc(F)c2F)cc1S(=O)(=O)O)c1cccc(SOOO)c1. The Morgan fingerprint density at radius 3 is 2.33 bits per heavy atom. The molecule has 0 unspecified atom stereocenters. The van der Waals surface area contributed by atoms with Crippen molar-refractivity contribution in [1.82, 2.24) is 9.97 Å². The van der Waals surface area contributed by atoms with Crippen molar-refractivity contribution in [2.45, 2.75) is 14.7 Å².